The lowest BCUT2D eigenvalue weighted by Gasteiger charge is -2.11. The number of benzene rings is 1. The number of aryl methyl sites for hydroxylation is 1. The average molecular weight is 538 g/mol. The van der Waals surface area contributed by atoms with E-state index in [4.69, 9.17) is 0 Å². The second-order valence-corrected chi connectivity index (χ2v) is 7.22. The lowest BCUT2D eigenvalue weighted by Crippen LogP contribution is -2.41. The Morgan fingerprint density at radius 1 is 1.28 bits per heavy atom. The van der Waals surface area contributed by atoms with Crippen LogP contribution >= 0.6 is 51.2 Å². The molecule has 1 amide bonds. The highest BCUT2D eigenvalue weighted by Gasteiger charge is 2.05. The van der Waals surface area contributed by atoms with E-state index in [1.165, 1.54) is 4.88 Å². The predicted octanol–water partition coefficient (Wildman–Crippen LogP) is 2.93. The van der Waals surface area contributed by atoms with Gasteiger partial charge in [-0.25, -0.2) is 4.98 Å². The summed E-state index contributed by atoms with van der Waals surface area (Å²) in [4.78, 5) is 21.6. The van der Waals surface area contributed by atoms with E-state index in [1.807, 2.05) is 25.3 Å². The summed E-state index contributed by atoms with van der Waals surface area (Å²) in [7, 11) is 1.71. The van der Waals surface area contributed by atoms with Gasteiger partial charge in [0.15, 0.2) is 5.96 Å². The fourth-order valence-corrected chi connectivity index (χ4v) is 3.08. The average Bonchev–Trinajstić information content (AvgIpc) is 2.99. The van der Waals surface area contributed by atoms with Gasteiger partial charge in [0.2, 0.25) is 0 Å². The molecule has 6 nitrogen and oxygen atoms in total. The van der Waals surface area contributed by atoms with Crippen molar-refractivity contribution in [2.24, 2.45) is 4.99 Å². The molecule has 9 heteroatoms. The van der Waals surface area contributed by atoms with Crippen LogP contribution in [0.15, 0.2) is 39.9 Å². The number of hydrogen-bond donors (Lipinski definition) is 3. The molecule has 0 saturated carbocycles. The molecule has 0 saturated heterocycles. The summed E-state index contributed by atoms with van der Waals surface area (Å²) in [6.45, 7) is 3.74. The normalized spacial score (nSPS) is 10.8. The van der Waals surface area contributed by atoms with Crippen molar-refractivity contribution in [1.82, 2.24) is 20.9 Å². The van der Waals surface area contributed by atoms with Gasteiger partial charge in [-0.2, -0.15) is 0 Å². The molecule has 25 heavy (non-hydrogen) atoms. The van der Waals surface area contributed by atoms with Crippen LogP contribution in [-0.4, -0.2) is 37.0 Å². The third-order valence-corrected chi connectivity index (χ3v) is 4.50. The summed E-state index contributed by atoms with van der Waals surface area (Å²) in [6, 6.07) is 7.30. The van der Waals surface area contributed by atoms with Gasteiger partial charge in [0.25, 0.3) is 5.91 Å². The summed E-state index contributed by atoms with van der Waals surface area (Å²) < 4.78 is 0.885. The van der Waals surface area contributed by atoms with E-state index in [0.29, 0.717) is 31.2 Å². The zero-order valence-electron chi connectivity index (χ0n) is 14.0. The number of guanidine groups is 1. The van der Waals surface area contributed by atoms with Crippen molar-refractivity contribution in [1.29, 1.82) is 0 Å². The lowest BCUT2D eigenvalue weighted by atomic mass is 10.2. The van der Waals surface area contributed by atoms with Crippen molar-refractivity contribution in [3.05, 3.63) is 50.4 Å². The summed E-state index contributed by atoms with van der Waals surface area (Å²) in [5.74, 6) is 0.582. The largest absolute Gasteiger partial charge is 0.355 e. The second kappa shape index (κ2) is 11.4. The van der Waals surface area contributed by atoms with E-state index < -0.39 is 0 Å². The Morgan fingerprint density at radius 2 is 2.04 bits per heavy atom. The SMILES string of the molecule is CN=C(NCCNC(=O)c1cccc(Br)c1)NCc1ncc(C)s1.I. The van der Waals surface area contributed by atoms with Crippen molar-refractivity contribution in [2.75, 3.05) is 20.1 Å². The molecule has 0 unspecified atom stereocenters. The third-order valence-electron chi connectivity index (χ3n) is 3.09. The van der Waals surface area contributed by atoms with Crippen LogP contribution < -0.4 is 16.0 Å². The molecule has 2 aromatic rings. The molecule has 0 fully saturated rings. The zero-order valence-corrected chi connectivity index (χ0v) is 18.7. The van der Waals surface area contributed by atoms with Gasteiger partial charge in [-0.1, -0.05) is 22.0 Å². The maximum absolute atomic E-state index is 12.0. The first-order chi connectivity index (χ1) is 11.6. The Bertz CT molecular complexity index is 722. The molecular weight excluding hydrogens is 517 g/mol. The summed E-state index contributed by atoms with van der Waals surface area (Å²) >= 11 is 5.01. The predicted molar refractivity (Wildman–Crippen MR) is 117 cm³/mol. The molecule has 1 aromatic carbocycles. The minimum atomic E-state index is -0.0979. The fraction of sp³-hybridized carbons (Fsp3) is 0.312. The maximum Gasteiger partial charge on any atom is 0.251 e. The molecule has 0 aliphatic carbocycles. The van der Waals surface area contributed by atoms with Gasteiger partial charge in [0.05, 0.1) is 6.54 Å². The van der Waals surface area contributed by atoms with Crippen LogP contribution in [-0.2, 0) is 6.54 Å². The van der Waals surface area contributed by atoms with E-state index in [0.717, 1.165) is 9.48 Å². The van der Waals surface area contributed by atoms with Gasteiger partial charge in [0, 0.05) is 41.2 Å². The number of nitrogens with zero attached hydrogens (tertiary/aromatic N) is 2. The number of aliphatic imine (C=N–C) groups is 1. The van der Waals surface area contributed by atoms with Crippen LogP contribution in [0.2, 0.25) is 0 Å². The van der Waals surface area contributed by atoms with E-state index >= 15 is 0 Å². The first-order valence-corrected chi connectivity index (χ1v) is 9.09. The molecule has 2 rings (SSSR count). The highest BCUT2D eigenvalue weighted by Crippen LogP contribution is 2.11. The second-order valence-electron chi connectivity index (χ2n) is 4.98. The Kier molecular flexibility index (Phi) is 9.98. The third kappa shape index (κ3) is 7.70. The van der Waals surface area contributed by atoms with Gasteiger partial charge < -0.3 is 16.0 Å². The number of halogens is 2. The first kappa shape index (κ1) is 21.8. The number of carbonyl (C=O) groups is 1. The first-order valence-electron chi connectivity index (χ1n) is 7.48. The fourth-order valence-electron chi connectivity index (χ4n) is 1.95. The van der Waals surface area contributed by atoms with Crippen LogP contribution in [0.3, 0.4) is 0 Å². The Labute approximate surface area is 177 Å². The Balaban J connectivity index is 0.00000312. The molecule has 0 aliphatic heterocycles. The van der Waals surface area contributed by atoms with Crippen LogP contribution in [0.1, 0.15) is 20.2 Å². The van der Waals surface area contributed by atoms with E-state index in [-0.39, 0.29) is 29.9 Å². The van der Waals surface area contributed by atoms with Crippen molar-refractivity contribution < 1.29 is 4.79 Å². The van der Waals surface area contributed by atoms with Gasteiger partial charge in [0.1, 0.15) is 5.01 Å². The minimum absolute atomic E-state index is 0. The lowest BCUT2D eigenvalue weighted by molar-refractivity contribution is 0.0954. The van der Waals surface area contributed by atoms with Crippen molar-refractivity contribution >= 4 is 63.1 Å². The number of aromatic nitrogens is 1. The highest BCUT2D eigenvalue weighted by molar-refractivity contribution is 14.0. The minimum Gasteiger partial charge on any atom is -0.355 e. The van der Waals surface area contributed by atoms with Gasteiger partial charge in [-0.3, -0.25) is 9.79 Å². The number of thiazole rings is 1. The van der Waals surface area contributed by atoms with Crippen LogP contribution in [0, 0.1) is 6.92 Å². The monoisotopic (exact) mass is 537 g/mol. The topological polar surface area (TPSA) is 78.4 Å². The molecule has 0 spiro atoms. The van der Waals surface area contributed by atoms with Crippen molar-refractivity contribution in [3.63, 3.8) is 0 Å². The highest BCUT2D eigenvalue weighted by atomic mass is 127. The van der Waals surface area contributed by atoms with Crippen LogP contribution in [0.4, 0.5) is 0 Å². The van der Waals surface area contributed by atoms with E-state index in [9.17, 15) is 4.79 Å². The molecule has 0 radical (unpaired) electrons. The van der Waals surface area contributed by atoms with Crippen LogP contribution in [0.5, 0.6) is 0 Å². The summed E-state index contributed by atoms with van der Waals surface area (Å²) in [5, 5.41) is 10.2. The Hall–Kier alpha value is -1.20. The van der Waals surface area contributed by atoms with Crippen molar-refractivity contribution in [2.45, 2.75) is 13.5 Å². The molecule has 0 atom stereocenters. The van der Waals surface area contributed by atoms with Crippen LogP contribution in [0.25, 0.3) is 0 Å². The van der Waals surface area contributed by atoms with Gasteiger partial charge in [-0.05, 0) is 25.1 Å². The van der Waals surface area contributed by atoms with E-state index in [1.54, 1.807) is 30.5 Å². The summed E-state index contributed by atoms with van der Waals surface area (Å²) in [6.07, 6.45) is 1.86. The smallest absolute Gasteiger partial charge is 0.251 e. The van der Waals surface area contributed by atoms with E-state index in [2.05, 4.69) is 41.9 Å². The standard InChI is InChI=1S/C16H20BrN5OS.HI/c1-11-9-21-14(24-11)10-22-16(18-2)20-7-6-19-15(23)12-4-3-5-13(17)8-12;/h3-5,8-9H,6-7,10H2,1-2H3,(H,19,23)(H2,18,20,22);1H. The molecule has 3 N–H and O–H groups in total. The number of amides is 1. The number of nitrogens with one attached hydrogen (secondary N) is 3. The maximum atomic E-state index is 12.0. The van der Waals surface area contributed by atoms with Gasteiger partial charge >= 0.3 is 0 Å². The van der Waals surface area contributed by atoms with Crippen molar-refractivity contribution in [3.8, 4) is 0 Å². The molecule has 0 aliphatic rings. The molecular formula is C16H21BrIN5OS. The molecule has 1 aromatic heterocycles. The molecule has 0 bridgehead atoms. The number of carbonyl (C=O) groups excluding carboxylic acids is 1. The quantitative estimate of drug-likeness (QED) is 0.229. The molecule has 1 heterocycles. The number of hydrogen-bond acceptors (Lipinski definition) is 4. The Morgan fingerprint density at radius 3 is 2.68 bits per heavy atom. The number of rotatable bonds is 6. The van der Waals surface area contributed by atoms with Gasteiger partial charge in [-0.15, -0.1) is 35.3 Å². The molecule has 136 valence electrons. The summed E-state index contributed by atoms with van der Waals surface area (Å²) in [5.41, 5.74) is 0.631. The zero-order chi connectivity index (χ0) is 17.4.